The molecule has 6 nitrogen and oxygen atoms in total. The van der Waals surface area contributed by atoms with Crippen LogP contribution in [0.3, 0.4) is 0 Å². The van der Waals surface area contributed by atoms with Gasteiger partial charge >= 0.3 is 6.03 Å². The standard InChI is InChI=1S/C10H12ClN3O3S/c1-5(9(15)14-10(13)16)18(17)8-3-2-6(12)4-7(8)11/h2-5H,12H2,1H3,(H3,13,14,15,16). The summed E-state index contributed by atoms with van der Waals surface area (Å²) in [5.41, 5.74) is 10.7. The van der Waals surface area contributed by atoms with E-state index in [0.29, 0.717) is 5.69 Å². The van der Waals surface area contributed by atoms with Crippen LogP contribution < -0.4 is 16.8 Å². The van der Waals surface area contributed by atoms with E-state index < -0.39 is 28.0 Å². The van der Waals surface area contributed by atoms with Gasteiger partial charge in [0.1, 0.15) is 5.25 Å². The third-order valence-corrected chi connectivity index (χ3v) is 4.18. The molecule has 0 fully saturated rings. The maximum absolute atomic E-state index is 12.1. The Bertz CT molecular complexity index is 521. The van der Waals surface area contributed by atoms with Crippen LogP contribution in [0.1, 0.15) is 6.92 Å². The quantitative estimate of drug-likeness (QED) is 0.707. The third-order valence-electron chi connectivity index (χ3n) is 2.11. The first kappa shape index (κ1) is 14.5. The van der Waals surface area contributed by atoms with Crippen molar-refractivity contribution < 1.29 is 13.8 Å². The summed E-state index contributed by atoms with van der Waals surface area (Å²) in [6, 6.07) is 3.44. The van der Waals surface area contributed by atoms with Gasteiger partial charge in [-0.3, -0.25) is 14.3 Å². The topological polar surface area (TPSA) is 115 Å². The number of amides is 3. The highest BCUT2D eigenvalue weighted by Crippen LogP contribution is 2.24. The van der Waals surface area contributed by atoms with Gasteiger partial charge in [0.2, 0.25) is 5.91 Å². The van der Waals surface area contributed by atoms with E-state index in [1.165, 1.54) is 25.1 Å². The third kappa shape index (κ3) is 3.44. The van der Waals surface area contributed by atoms with Crippen LogP contribution in [0.5, 0.6) is 0 Å². The van der Waals surface area contributed by atoms with E-state index >= 15 is 0 Å². The molecule has 0 spiro atoms. The van der Waals surface area contributed by atoms with Crippen LogP contribution in [0.4, 0.5) is 10.5 Å². The van der Waals surface area contributed by atoms with E-state index in [0.717, 1.165) is 0 Å². The van der Waals surface area contributed by atoms with E-state index in [4.69, 9.17) is 23.1 Å². The lowest BCUT2D eigenvalue weighted by Crippen LogP contribution is -2.42. The Morgan fingerprint density at radius 2 is 2.06 bits per heavy atom. The number of anilines is 1. The highest BCUT2D eigenvalue weighted by atomic mass is 35.5. The van der Waals surface area contributed by atoms with Crippen LogP contribution in [0.15, 0.2) is 23.1 Å². The molecule has 1 aromatic carbocycles. The van der Waals surface area contributed by atoms with Crippen molar-refractivity contribution in [1.29, 1.82) is 0 Å². The molecule has 0 saturated carbocycles. The second-order valence-corrected chi connectivity index (χ2v) is 5.63. The molecule has 0 aromatic heterocycles. The Morgan fingerprint density at radius 3 is 2.56 bits per heavy atom. The summed E-state index contributed by atoms with van der Waals surface area (Å²) in [6.07, 6.45) is 0. The van der Waals surface area contributed by atoms with Crippen LogP contribution in [-0.2, 0) is 15.6 Å². The fourth-order valence-electron chi connectivity index (χ4n) is 1.19. The molecule has 0 aliphatic carbocycles. The van der Waals surface area contributed by atoms with Gasteiger partial charge in [-0.1, -0.05) is 11.6 Å². The van der Waals surface area contributed by atoms with E-state index in [-0.39, 0.29) is 9.92 Å². The van der Waals surface area contributed by atoms with Gasteiger partial charge in [-0.2, -0.15) is 0 Å². The second-order valence-electron chi connectivity index (χ2n) is 3.48. The Balaban J connectivity index is 2.93. The number of nitrogens with two attached hydrogens (primary N) is 2. The molecule has 1 rings (SSSR count). The Labute approximate surface area is 111 Å². The number of imide groups is 1. The summed E-state index contributed by atoms with van der Waals surface area (Å²) in [4.78, 5) is 22.3. The molecule has 2 atom stereocenters. The number of rotatable bonds is 3. The molecule has 8 heteroatoms. The highest BCUT2D eigenvalue weighted by molar-refractivity contribution is 7.86. The van der Waals surface area contributed by atoms with Crippen molar-refractivity contribution in [2.24, 2.45) is 5.73 Å². The lowest BCUT2D eigenvalue weighted by molar-refractivity contribution is -0.119. The monoisotopic (exact) mass is 289 g/mol. The summed E-state index contributed by atoms with van der Waals surface area (Å²) in [5, 5.41) is 1.10. The van der Waals surface area contributed by atoms with Crippen LogP contribution in [0.25, 0.3) is 0 Å². The van der Waals surface area contributed by atoms with E-state index in [2.05, 4.69) is 0 Å². The fraction of sp³-hybridized carbons (Fsp3) is 0.200. The number of nitrogens with one attached hydrogen (secondary N) is 1. The summed E-state index contributed by atoms with van der Waals surface area (Å²) in [5.74, 6) is -0.728. The first-order valence-corrected chi connectivity index (χ1v) is 6.48. The number of hydrogen-bond donors (Lipinski definition) is 3. The maximum atomic E-state index is 12.1. The second kappa shape index (κ2) is 5.83. The minimum atomic E-state index is -1.70. The molecular weight excluding hydrogens is 278 g/mol. The Morgan fingerprint density at radius 1 is 1.44 bits per heavy atom. The average Bonchev–Trinajstić information content (AvgIpc) is 2.26. The van der Waals surface area contributed by atoms with Crippen LogP contribution in [-0.4, -0.2) is 21.4 Å². The Hall–Kier alpha value is -1.60. The van der Waals surface area contributed by atoms with Crippen LogP contribution in [0, 0.1) is 0 Å². The van der Waals surface area contributed by atoms with Crippen molar-refractivity contribution >= 4 is 40.0 Å². The smallest absolute Gasteiger partial charge is 0.318 e. The van der Waals surface area contributed by atoms with Gasteiger partial charge in [-0.15, -0.1) is 0 Å². The molecule has 18 heavy (non-hydrogen) atoms. The van der Waals surface area contributed by atoms with Gasteiger partial charge in [-0.25, -0.2) is 4.79 Å². The normalized spacial score (nSPS) is 13.7. The van der Waals surface area contributed by atoms with E-state index in [9.17, 15) is 13.8 Å². The number of carbonyl (C=O) groups excluding carboxylic acids is 2. The molecule has 0 saturated heterocycles. The van der Waals surface area contributed by atoms with Crippen molar-refractivity contribution in [3.05, 3.63) is 23.2 Å². The number of nitrogen functional groups attached to an aromatic ring is 1. The first-order valence-electron chi connectivity index (χ1n) is 4.89. The lowest BCUT2D eigenvalue weighted by atomic mass is 10.3. The van der Waals surface area contributed by atoms with Crippen molar-refractivity contribution in [2.75, 3.05) is 5.73 Å². The SMILES string of the molecule is CC(C(=O)NC(N)=O)S(=O)c1ccc(N)cc1Cl. The highest BCUT2D eigenvalue weighted by Gasteiger charge is 2.24. The van der Waals surface area contributed by atoms with Gasteiger partial charge in [0, 0.05) is 5.69 Å². The fourth-order valence-corrected chi connectivity index (χ4v) is 2.70. The molecule has 3 amide bonds. The molecule has 2 unspecified atom stereocenters. The predicted octanol–water partition coefficient (Wildman–Crippen LogP) is 0.613. The number of halogens is 1. The summed E-state index contributed by atoms with van der Waals surface area (Å²) in [7, 11) is -1.70. The van der Waals surface area contributed by atoms with Gasteiger partial charge < -0.3 is 11.5 Å². The Kier molecular flexibility index (Phi) is 4.69. The zero-order valence-corrected chi connectivity index (χ0v) is 11.0. The minimum absolute atomic E-state index is 0.201. The molecular formula is C10H12ClN3O3S. The lowest BCUT2D eigenvalue weighted by Gasteiger charge is -2.11. The molecule has 0 aliphatic heterocycles. The largest absolute Gasteiger partial charge is 0.399 e. The molecule has 0 radical (unpaired) electrons. The molecule has 0 heterocycles. The number of carbonyl (C=O) groups is 2. The van der Waals surface area contributed by atoms with E-state index in [1.807, 2.05) is 5.32 Å². The summed E-state index contributed by atoms with van der Waals surface area (Å²) in [6.45, 7) is 1.40. The van der Waals surface area contributed by atoms with Crippen LogP contribution in [0.2, 0.25) is 5.02 Å². The molecule has 0 aliphatic rings. The van der Waals surface area contributed by atoms with Crippen molar-refractivity contribution in [2.45, 2.75) is 17.1 Å². The van der Waals surface area contributed by atoms with Crippen molar-refractivity contribution in [3.8, 4) is 0 Å². The van der Waals surface area contributed by atoms with E-state index in [1.54, 1.807) is 0 Å². The molecule has 0 bridgehead atoms. The van der Waals surface area contributed by atoms with Gasteiger partial charge in [-0.05, 0) is 25.1 Å². The molecule has 98 valence electrons. The van der Waals surface area contributed by atoms with Gasteiger partial charge in [0.05, 0.1) is 20.7 Å². The minimum Gasteiger partial charge on any atom is -0.399 e. The summed E-state index contributed by atoms with van der Waals surface area (Å²) >= 11 is 5.88. The van der Waals surface area contributed by atoms with Crippen molar-refractivity contribution in [3.63, 3.8) is 0 Å². The molecule has 1 aromatic rings. The number of benzene rings is 1. The predicted molar refractivity (Wildman–Crippen MR) is 69.5 cm³/mol. The van der Waals surface area contributed by atoms with Crippen molar-refractivity contribution in [1.82, 2.24) is 5.32 Å². The summed E-state index contributed by atoms with van der Waals surface area (Å²) < 4.78 is 12.1. The van der Waals surface area contributed by atoms with Gasteiger partial charge in [0.15, 0.2) is 0 Å². The van der Waals surface area contributed by atoms with Crippen LogP contribution >= 0.6 is 11.6 Å². The number of hydrogen-bond acceptors (Lipinski definition) is 4. The average molecular weight is 290 g/mol. The number of primary amides is 1. The maximum Gasteiger partial charge on any atom is 0.318 e. The first-order chi connectivity index (χ1) is 8.32. The zero-order chi connectivity index (χ0) is 13.9. The van der Waals surface area contributed by atoms with Gasteiger partial charge in [0.25, 0.3) is 0 Å². The number of urea groups is 1. The molecule has 5 N–H and O–H groups in total. The zero-order valence-electron chi connectivity index (χ0n) is 9.48.